The highest BCUT2D eigenvalue weighted by atomic mass is 16.2. The molecular weight excluding hydrogens is 600 g/mol. The quantitative estimate of drug-likeness (QED) is 0.122. The Balaban J connectivity index is 1.08. The number of carbonyl (C=O) groups is 4. The van der Waals surface area contributed by atoms with Crippen molar-refractivity contribution in [3.05, 3.63) is 143 Å². The lowest BCUT2D eigenvalue weighted by Gasteiger charge is -2.36. The fourth-order valence-corrected chi connectivity index (χ4v) is 6.23. The Hall–Kier alpha value is -5.08. The maximum atomic E-state index is 13.4. The number of nitrogens with one attached hydrogen (secondary N) is 2. The van der Waals surface area contributed by atoms with Crippen LogP contribution in [0.25, 0.3) is 0 Å². The molecule has 1 aliphatic rings. The van der Waals surface area contributed by atoms with E-state index in [2.05, 4.69) is 34.9 Å². The number of Topliss-reactive ketones (excluding diaryl/α,β-unsaturated/α-hetero) is 1. The third kappa shape index (κ3) is 9.26. The van der Waals surface area contributed by atoms with Crippen LogP contribution >= 0.6 is 0 Å². The Kier molecular flexibility index (Phi) is 12.3. The van der Waals surface area contributed by atoms with Gasteiger partial charge in [0.05, 0.1) is 6.04 Å². The standard InChI is InChI=1S/C40H44N4O4/c41-35(39(47)43-27-34(29-14-4-1-5-15-29)30-16-6-2-7-17-30)22-12-13-25-42-40(48)36-26-32-20-10-11-21-33(32)28-44(36)38(46)24-23-37(45)31-18-8-3-9-19-31/h1-11,14-21,34-36H,12-13,22-28,41H2,(H,42,48)(H,43,47). The lowest BCUT2D eigenvalue weighted by atomic mass is 9.91. The molecule has 0 aliphatic carbocycles. The molecule has 2 unspecified atom stereocenters. The van der Waals surface area contributed by atoms with E-state index >= 15 is 0 Å². The molecule has 5 rings (SSSR count). The number of nitrogens with two attached hydrogens (primary N) is 1. The number of carbonyl (C=O) groups excluding carboxylic acids is 4. The van der Waals surface area contributed by atoms with Crippen LogP contribution in [-0.2, 0) is 27.3 Å². The minimum Gasteiger partial charge on any atom is -0.354 e. The highest BCUT2D eigenvalue weighted by molar-refractivity contribution is 5.98. The first kappa shape index (κ1) is 34.3. The molecule has 1 aliphatic heterocycles. The molecule has 3 amide bonds. The summed E-state index contributed by atoms with van der Waals surface area (Å²) >= 11 is 0. The second-order valence-corrected chi connectivity index (χ2v) is 12.3. The zero-order chi connectivity index (χ0) is 33.7. The van der Waals surface area contributed by atoms with E-state index in [4.69, 9.17) is 5.73 Å². The number of hydrogen-bond acceptors (Lipinski definition) is 5. The normalized spacial score (nSPS) is 14.5. The summed E-state index contributed by atoms with van der Waals surface area (Å²) in [6.45, 7) is 1.17. The topological polar surface area (TPSA) is 122 Å². The Bertz CT molecular complexity index is 1620. The van der Waals surface area contributed by atoms with Gasteiger partial charge < -0.3 is 21.3 Å². The van der Waals surface area contributed by atoms with E-state index in [-0.39, 0.29) is 42.3 Å². The van der Waals surface area contributed by atoms with Crippen molar-refractivity contribution in [3.63, 3.8) is 0 Å². The van der Waals surface area contributed by atoms with Gasteiger partial charge >= 0.3 is 0 Å². The Morgan fingerprint density at radius 1 is 0.708 bits per heavy atom. The molecule has 8 heteroatoms. The Morgan fingerprint density at radius 2 is 1.29 bits per heavy atom. The molecule has 4 aromatic carbocycles. The van der Waals surface area contributed by atoms with E-state index < -0.39 is 12.1 Å². The van der Waals surface area contributed by atoms with Crippen LogP contribution in [0.1, 0.15) is 70.6 Å². The lowest BCUT2D eigenvalue weighted by molar-refractivity contribution is -0.141. The van der Waals surface area contributed by atoms with Gasteiger partial charge in [0.25, 0.3) is 0 Å². The van der Waals surface area contributed by atoms with Gasteiger partial charge in [-0.1, -0.05) is 115 Å². The maximum absolute atomic E-state index is 13.4. The summed E-state index contributed by atoms with van der Waals surface area (Å²) in [5.74, 6) is -0.714. The Labute approximate surface area is 282 Å². The van der Waals surface area contributed by atoms with Crippen molar-refractivity contribution in [1.82, 2.24) is 15.5 Å². The molecule has 248 valence electrons. The van der Waals surface area contributed by atoms with E-state index in [9.17, 15) is 19.2 Å². The van der Waals surface area contributed by atoms with Crippen LogP contribution in [0.15, 0.2) is 115 Å². The molecule has 2 atom stereocenters. The van der Waals surface area contributed by atoms with Crippen LogP contribution in [-0.4, -0.2) is 53.6 Å². The molecule has 0 saturated carbocycles. The molecule has 1 heterocycles. The molecule has 0 spiro atoms. The summed E-state index contributed by atoms with van der Waals surface area (Å²) < 4.78 is 0. The smallest absolute Gasteiger partial charge is 0.243 e. The molecule has 0 radical (unpaired) electrons. The third-order valence-electron chi connectivity index (χ3n) is 9.00. The van der Waals surface area contributed by atoms with Gasteiger partial charge in [-0.3, -0.25) is 19.2 Å². The van der Waals surface area contributed by atoms with Crippen molar-refractivity contribution >= 4 is 23.5 Å². The van der Waals surface area contributed by atoms with Gasteiger partial charge in [-0.15, -0.1) is 0 Å². The largest absolute Gasteiger partial charge is 0.354 e. The van der Waals surface area contributed by atoms with Gasteiger partial charge in [-0.2, -0.15) is 0 Å². The van der Waals surface area contributed by atoms with E-state index in [1.807, 2.05) is 66.7 Å². The van der Waals surface area contributed by atoms with Crippen molar-refractivity contribution in [2.45, 2.75) is 63.1 Å². The SMILES string of the molecule is NC(CCCCNC(=O)C1Cc2ccccc2CN1C(=O)CCC(=O)c1ccccc1)C(=O)NCC(c1ccccc1)c1ccccc1. The molecule has 4 aromatic rings. The van der Waals surface area contributed by atoms with Gasteiger partial charge in [0.1, 0.15) is 6.04 Å². The van der Waals surface area contributed by atoms with Crippen LogP contribution in [0.3, 0.4) is 0 Å². The summed E-state index contributed by atoms with van der Waals surface area (Å²) in [6, 6.07) is 35.6. The molecule has 0 saturated heterocycles. The minimum atomic E-state index is -0.658. The summed E-state index contributed by atoms with van der Waals surface area (Å²) in [5.41, 5.74) is 11.1. The van der Waals surface area contributed by atoms with Gasteiger partial charge in [0.15, 0.2) is 5.78 Å². The van der Waals surface area contributed by atoms with Crippen molar-refractivity contribution in [3.8, 4) is 0 Å². The van der Waals surface area contributed by atoms with E-state index in [1.54, 1.807) is 29.2 Å². The summed E-state index contributed by atoms with van der Waals surface area (Å²) in [6.07, 6.45) is 2.33. The monoisotopic (exact) mass is 644 g/mol. The molecule has 48 heavy (non-hydrogen) atoms. The molecule has 0 fully saturated rings. The van der Waals surface area contributed by atoms with Gasteiger partial charge in [0.2, 0.25) is 17.7 Å². The second-order valence-electron chi connectivity index (χ2n) is 12.3. The number of rotatable bonds is 15. The molecular formula is C40H44N4O4. The van der Waals surface area contributed by atoms with Crippen molar-refractivity contribution in [2.24, 2.45) is 5.73 Å². The summed E-state index contributed by atoms with van der Waals surface area (Å²) in [4.78, 5) is 53.9. The van der Waals surface area contributed by atoms with Crippen LogP contribution < -0.4 is 16.4 Å². The van der Waals surface area contributed by atoms with Gasteiger partial charge in [0, 0.05) is 50.4 Å². The van der Waals surface area contributed by atoms with Crippen LogP contribution in [0.2, 0.25) is 0 Å². The maximum Gasteiger partial charge on any atom is 0.243 e. The molecule has 8 nitrogen and oxygen atoms in total. The van der Waals surface area contributed by atoms with Gasteiger partial charge in [-0.25, -0.2) is 0 Å². The first-order valence-corrected chi connectivity index (χ1v) is 16.8. The minimum absolute atomic E-state index is 0.0151. The zero-order valence-corrected chi connectivity index (χ0v) is 27.2. The summed E-state index contributed by atoms with van der Waals surface area (Å²) in [7, 11) is 0. The number of hydrogen-bond donors (Lipinski definition) is 3. The first-order chi connectivity index (χ1) is 23.4. The van der Waals surface area contributed by atoms with Crippen LogP contribution in [0.4, 0.5) is 0 Å². The highest BCUT2D eigenvalue weighted by Gasteiger charge is 2.34. The van der Waals surface area contributed by atoms with E-state index in [1.165, 1.54) is 0 Å². The number of fused-ring (bicyclic) bond motifs is 1. The van der Waals surface area contributed by atoms with Crippen LogP contribution in [0, 0.1) is 0 Å². The van der Waals surface area contributed by atoms with Crippen LogP contribution in [0.5, 0.6) is 0 Å². The highest BCUT2D eigenvalue weighted by Crippen LogP contribution is 2.26. The number of ketones is 1. The molecule has 0 bridgehead atoms. The fourth-order valence-electron chi connectivity index (χ4n) is 6.23. The number of unbranched alkanes of at least 4 members (excludes halogenated alkanes) is 1. The molecule has 0 aromatic heterocycles. The van der Waals surface area contributed by atoms with Gasteiger partial charge in [-0.05, 0) is 41.5 Å². The number of benzene rings is 4. The zero-order valence-electron chi connectivity index (χ0n) is 27.2. The van der Waals surface area contributed by atoms with E-state index in [0.29, 0.717) is 50.9 Å². The van der Waals surface area contributed by atoms with Crippen molar-refractivity contribution in [1.29, 1.82) is 0 Å². The average Bonchev–Trinajstić information content (AvgIpc) is 3.14. The van der Waals surface area contributed by atoms with Crippen molar-refractivity contribution < 1.29 is 19.2 Å². The Morgan fingerprint density at radius 3 is 1.94 bits per heavy atom. The predicted molar refractivity (Wildman–Crippen MR) is 187 cm³/mol. The second kappa shape index (κ2) is 17.2. The summed E-state index contributed by atoms with van der Waals surface area (Å²) in [5, 5.41) is 6.04. The van der Waals surface area contributed by atoms with Crippen molar-refractivity contribution in [2.75, 3.05) is 13.1 Å². The average molecular weight is 645 g/mol. The number of amides is 3. The predicted octanol–water partition coefficient (Wildman–Crippen LogP) is 5.17. The van der Waals surface area contributed by atoms with E-state index in [0.717, 1.165) is 22.3 Å². The lowest BCUT2D eigenvalue weighted by Crippen LogP contribution is -2.52. The fraction of sp³-hybridized carbons (Fsp3) is 0.300. The molecule has 4 N–H and O–H groups in total. The first-order valence-electron chi connectivity index (χ1n) is 16.8. The number of nitrogens with zero attached hydrogens (tertiary/aromatic N) is 1. The third-order valence-corrected chi connectivity index (χ3v) is 9.00.